The summed E-state index contributed by atoms with van der Waals surface area (Å²) >= 11 is 0. The number of hydrogen-bond donors (Lipinski definition) is 0. The molecule has 1 atom stereocenters. The van der Waals surface area contributed by atoms with E-state index < -0.39 is 0 Å². The first-order valence-electron chi connectivity index (χ1n) is 3.14. The molecular formula is C6H13N2. The number of nitrogens with zero attached hydrogens (tertiary/aromatic N) is 2. The predicted molar refractivity (Wildman–Crippen MR) is 34.0 cm³/mol. The Hall–Kier alpha value is -0.0800. The van der Waals surface area contributed by atoms with Crippen LogP contribution in [0, 0.1) is 0 Å². The minimum absolute atomic E-state index is 0.564. The van der Waals surface area contributed by atoms with Gasteiger partial charge < -0.3 is 4.90 Å². The zero-order valence-electron chi connectivity index (χ0n) is 5.59. The maximum absolute atomic E-state index is 4.34. The van der Waals surface area contributed by atoms with Crippen molar-refractivity contribution in [2.24, 2.45) is 0 Å². The maximum atomic E-state index is 4.34. The molecule has 0 amide bonds. The Kier molecular flexibility index (Phi) is 1.86. The summed E-state index contributed by atoms with van der Waals surface area (Å²) in [5.41, 5.74) is 0. The van der Waals surface area contributed by atoms with E-state index in [-0.39, 0.29) is 0 Å². The fourth-order valence-corrected chi connectivity index (χ4v) is 1.05. The van der Waals surface area contributed by atoms with Gasteiger partial charge in [-0.3, -0.25) is 0 Å². The molecule has 1 saturated heterocycles. The summed E-state index contributed by atoms with van der Waals surface area (Å²) < 4.78 is 0. The maximum Gasteiger partial charge on any atom is 0.0345 e. The Morgan fingerprint density at radius 1 is 1.62 bits per heavy atom. The number of hydrogen-bond acceptors (Lipinski definition) is 1. The van der Waals surface area contributed by atoms with Gasteiger partial charge in [-0.1, -0.05) is 0 Å². The van der Waals surface area contributed by atoms with E-state index in [2.05, 4.69) is 24.2 Å². The first-order valence-corrected chi connectivity index (χ1v) is 3.14. The van der Waals surface area contributed by atoms with Crippen molar-refractivity contribution in [3.05, 3.63) is 0 Å². The smallest absolute Gasteiger partial charge is 0.0345 e. The van der Waals surface area contributed by atoms with Gasteiger partial charge in [0.05, 0.1) is 0 Å². The molecular weight excluding hydrogens is 100 g/mol. The lowest BCUT2D eigenvalue weighted by molar-refractivity contribution is 0.244. The molecule has 1 rings (SSSR count). The molecule has 0 aromatic heterocycles. The Morgan fingerprint density at radius 2 is 2.38 bits per heavy atom. The summed E-state index contributed by atoms with van der Waals surface area (Å²) in [4.78, 5) is 2.32. The fourth-order valence-electron chi connectivity index (χ4n) is 1.05. The average molecular weight is 113 g/mol. The van der Waals surface area contributed by atoms with Crippen LogP contribution in [0.1, 0.15) is 6.92 Å². The zero-order valence-corrected chi connectivity index (χ0v) is 5.59. The van der Waals surface area contributed by atoms with Gasteiger partial charge >= 0.3 is 0 Å². The normalized spacial score (nSPS) is 33.0. The summed E-state index contributed by atoms with van der Waals surface area (Å²) in [5.74, 6) is 0. The molecule has 2 heteroatoms. The van der Waals surface area contributed by atoms with E-state index in [0.29, 0.717) is 6.04 Å². The van der Waals surface area contributed by atoms with Gasteiger partial charge in [-0.2, -0.15) is 0 Å². The van der Waals surface area contributed by atoms with Crippen LogP contribution < -0.4 is 5.32 Å². The molecule has 0 bridgehead atoms. The second kappa shape index (κ2) is 2.46. The monoisotopic (exact) mass is 113 g/mol. The minimum Gasteiger partial charge on any atom is -0.303 e. The van der Waals surface area contributed by atoms with Crippen LogP contribution >= 0.6 is 0 Å². The van der Waals surface area contributed by atoms with Crippen molar-refractivity contribution in [1.29, 1.82) is 0 Å². The van der Waals surface area contributed by atoms with Gasteiger partial charge in [0, 0.05) is 25.7 Å². The number of piperazine rings is 1. The SMILES string of the molecule is CC1CN(C)CC[N]1. The highest BCUT2D eigenvalue weighted by Crippen LogP contribution is 1.94. The van der Waals surface area contributed by atoms with Crippen molar-refractivity contribution in [2.45, 2.75) is 13.0 Å². The third-order valence-corrected chi connectivity index (χ3v) is 1.50. The van der Waals surface area contributed by atoms with E-state index >= 15 is 0 Å². The van der Waals surface area contributed by atoms with Crippen molar-refractivity contribution < 1.29 is 0 Å². The van der Waals surface area contributed by atoms with Crippen LogP contribution in [0.15, 0.2) is 0 Å². The Labute approximate surface area is 50.9 Å². The second-order valence-electron chi connectivity index (χ2n) is 2.52. The van der Waals surface area contributed by atoms with E-state index in [0.717, 1.165) is 19.6 Å². The molecule has 0 aromatic rings. The summed E-state index contributed by atoms with van der Waals surface area (Å²) in [6, 6.07) is 0.564. The molecule has 1 heterocycles. The third kappa shape index (κ3) is 1.46. The van der Waals surface area contributed by atoms with Crippen molar-refractivity contribution >= 4 is 0 Å². The van der Waals surface area contributed by atoms with Gasteiger partial charge in [0.15, 0.2) is 0 Å². The lowest BCUT2D eigenvalue weighted by Gasteiger charge is -2.26. The van der Waals surface area contributed by atoms with Crippen LogP contribution in [-0.2, 0) is 0 Å². The van der Waals surface area contributed by atoms with Gasteiger partial charge in [0.2, 0.25) is 0 Å². The third-order valence-electron chi connectivity index (χ3n) is 1.50. The van der Waals surface area contributed by atoms with Gasteiger partial charge in [0.25, 0.3) is 0 Å². The summed E-state index contributed by atoms with van der Waals surface area (Å²) in [6.07, 6.45) is 0. The van der Waals surface area contributed by atoms with Crippen LogP contribution in [0.2, 0.25) is 0 Å². The number of likely N-dealkylation sites (N-methyl/N-ethyl adjacent to an activating group) is 1. The topological polar surface area (TPSA) is 17.3 Å². The van der Waals surface area contributed by atoms with Gasteiger partial charge in [-0.25, -0.2) is 5.32 Å². The molecule has 8 heavy (non-hydrogen) atoms. The van der Waals surface area contributed by atoms with E-state index in [1.807, 2.05) is 0 Å². The van der Waals surface area contributed by atoms with Crippen LogP contribution in [0.25, 0.3) is 0 Å². The van der Waals surface area contributed by atoms with Crippen LogP contribution in [-0.4, -0.2) is 37.6 Å². The largest absolute Gasteiger partial charge is 0.303 e. The highest BCUT2D eigenvalue weighted by Gasteiger charge is 2.11. The molecule has 0 N–H and O–H groups in total. The zero-order chi connectivity index (χ0) is 5.98. The predicted octanol–water partition coefficient (Wildman–Crippen LogP) is -0.0753. The molecule has 0 aromatic carbocycles. The molecule has 1 radical (unpaired) electrons. The van der Waals surface area contributed by atoms with Crippen LogP contribution in [0.5, 0.6) is 0 Å². The first kappa shape index (κ1) is 6.05. The van der Waals surface area contributed by atoms with E-state index in [1.54, 1.807) is 0 Å². The molecule has 1 unspecified atom stereocenters. The highest BCUT2D eigenvalue weighted by atomic mass is 15.2. The van der Waals surface area contributed by atoms with Crippen LogP contribution in [0.4, 0.5) is 0 Å². The van der Waals surface area contributed by atoms with Crippen LogP contribution in [0.3, 0.4) is 0 Å². The van der Waals surface area contributed by atoms with Gasteiger partial charge in [0.1, 0.15) is 0 Å². The average Bonchev–Trinajstić information content (AvgIpc) is 1.64. The molecule has 0 saturated carbocycles. The Bertz CT molecular complexity index is 64.9. The summed E-state index contributed by atoms with van der Waals surface area (Å²) in [5, 5.41) is 4.34. The van der Waals surface area contributed by atoms with Crippen molar-refractivity contribution in [1.82, 2.24) is 10.2 Å². The standard InChI is InChI=1S/C6H13N2/c1-6-5-8(2)4-3-7-6/h6H,3-5H2,1-2H3. The molecule has 2 nitrogen and oxygen atoms in total. The first-order chi connectivity index (χ1) is 3.79. The Morgan fingerprint density at radius 3 is 2.75 bits per heavy atom. The number of rotatable bonds is 0. The second-order valence-corrected chi connectivity index (χ2v) is 2.52. The lowest BCUT2D eigenvalue weighted by Crippen LogP contribution is -2.43. The van der Waals surface area contributed by atoms with Crippen molar-refractivity contribution in [3.8, 4) is 0 Å². The fraction of sp³-hybridized carbons (Fsp3) is 1.00. The molecule has 0 aliphatic carbocycles. The molecule has 1 aliphatic rings. The van der Waals surface area contributed by atoms with E-state index in [1.165, 1.54) is 0 Å². The summed E-state index contributed by atoms with van der Waals surface area (Å²) in [7, 11) is 2.14. The minimum atomic E-state index is 0.564. The lowest BCUT2D eigenvalue weighted by atomic mass is 10.2. The molecule has 47 valence electrons. The molecule has 1 fully saturated rings. The molecule has 0 spiro atoms. The Balaban J connectivity index is 2.23. The van der Waals surface area contributed by atoms with Gasteiger partial charge in [-0.15, -0.1) is 0 Å². The van der Waals surface area contributed by atoms with Gasteiger partial charge in [-0.05, 0) is 14.0 Å². The van der Waals surface area contributed by atoms with Crippen molar-refractivity contribution in [2.75, 3.05) is 26.7 Å². The quantitative estimate of drug-likeness (QED) is 0.429. The van der Waals surface area contributed by atoms with E-state index in [9.17, 15) is 0 Å². The molecule has 1 aliphatic heterocycles. The van der Waals surface area contributed by atoms with Crippen molar-refractivity contribution in [3.63, 3.8) is 0 Å². The van der Waals surface area contributed by atoms with E-state index in [4.69, 9.17) is 0 Å². The summed E-state index contributed by atoms with van der Waals surface area (Å²) in [6.45, 7) is 5.47. The highest BCUT2D eigenvalue weighted by molar-refractivity contribution is 4.70.